The van der Waals surface area contributed by atoms with Crippen molar-refractivity contribution in [2.75, 3.05) is 25.6 Å². The minimum absolute atomic E-state index is 0.0390. The fourth-order valence-corrected chi connectivity index (χ4v) is 3.32. The first-order valence-electron chi connectivity index (χ1n) is 9.54. The van der Waals surface area contributed by atoms with Crippen LogP contribution >= 0.6 is 0 Å². The van der Waals surface area contributed by atoms with Crippen LogP contribution < -0.4 is 4.90 Å². The Morgan fingerprint density at radius 3 is 2.46 bits per heavy atom. The van der Waals surface area contributed by atoms with Crippen LogP contribution in [0.4, 0.5) is 5.69 Å². The molecule has 1 heterocycles. The molecule has 0 radical (unpaired) electrons. The van der Waals surface area contributed by atoms with E-state index in [9.17, 15) is 4.79 Å². The average Bonchev–Trinajstić information content (AvgIpc) is 3.14. The lowest BCUT2D eigenvalue weighted by Crippen LogP contribution is -2.19. The van der Waals surface area contributed by atoms with E-state index in [0.717, 1.165) is 34.6 Å². The predicted octanol–water partition coefficient (Wildman–Crippen LogP) is 4.37. The summed E-state index contributed by atoms with van der Waals surface area (Å²) >= 11 is 0. The van der Waals surface area contributed by atoms with E-state index in [1.807, 2.05) is 44.2 Å². The zero-order valence-corrected chi connectivity index (χ0v) is 16.9. The molecule has 146 valence electrons. The topological polar surface area (TPSA) is 45.1 Å². The van der Waals surface area contributed by atoms with Crippen molar-refractivity contribution in [2.45, 2.75) is 26.3 Å². The van der Waals surface area contributed by atoms with Crippen molar-refractivity contribution in [2.24, 2.45) is 5.10 Å². The van der Waals surface area contributed by atoms with E-state index in [0.29, 0.717) is 6.61 Å². The third-order valence-electron chi connectivity index (χ3n) is 4.79. The van der Waals surface area contributed by atoms with E-state index < -0.39 is 0 Å². The zero-order valence-electron chi connectivity index (χ0n) is 16.9. The van der Waals surface area contributed by atoms with Gasteiger partial charge in [0.2, 0.25) is 0 Å². The molecule has 5 nitrogen and oxygen atoms in total. The number of anilines is 1. The van der Waals surface area contributed by atoms with Crippen molar-refractivity contribution < 1.29 is 9.53 Å². The second-order valence-electron chi connectivity index (χ2n) is 7.00. The second kappa shape index (κ2) is 8.74. The summed E-state index contributed by atoms with van der Waals surface area (Å²) in [5.74, 6) is -0.343. The number of esters is 1. The molecule has 1 unspecified atom stereocenters. The molecule has 3 rings (SSSR count). The molecule has 0 saturated heterocycles. The van der Waals surface area contributed by atoms with Gasteiger partial charge in [0, 0.05) is 38.0 Å². The van der Waals surface area contributed by atoms with Gasteiger partial charge in [0.25, 0.3) is 0 Å². The number of nitrogens with zero attached hydrogens (tertiary/aromatic N) is 3. The van der Waals surface area contributed by atoms with Gasteiger partial charge in [-0.2, -0.15) is 5.10 Å². The van der Waals surface area contributed by atoms with Crippen LogP contribution in [0.3, 0.4) is 0 Å². The molecular formula is C23H27N3O2. The van der Waals surface area contributed by atoms with Crippen LogP contribution in [0, 0.1) is 0 Å². The maximum Gasteiger partial charge on any atom is 0.332 e. The number of hydrogen-bond donors (Lipinski definition) is 0. The van der Waals surface area contributed by atoms with E-state index in [4.69, 9.17) is 9.84 Å². The van der Waals surface area contributed by atoms with Gasteiger partial charge in [-0.3, -0.25) is 5.01 Å². The van der Waals surface area contributed by atoms with Crippen molar-refractivity contribution in [1.82, 2.24) is 5.01 Å². The van der Waals surface area contributed by atoms with Crippen molar-refractivity contribution >= 4 is 17.4 Å². The first-order valence-corrected chi connectivity index (χ1v) is 9.54. The van der Waals surface area contributed by atoms with Gasteiger partial charge in [0.05, 0.1) is 18.4 Å². The first kappa shape index (κ1) is 19.7. The summed E-state index contributed by atoms with van der Waals surface area (Å²) in [6.07, 6.45) is 2.29. The van der Waals surface area contributed by atoms with Gasteiger partial charge in [0.15, 0.2) is 0 Å². The van der Waals surface area contributed by atoms with Gasteiger partial charge in [-0.25, -0.2) is 4.79 Å². The Kier molecular flexibility index (Phi) is 6.14. The lowest BCUT2D eigenvalue weighted by Gasteiger charge is -2.25. The van der Waals surface area contributed by atoms with Crippen molar-refractivity contribution in [3.63, 3.8) is 0 Å². The van der Waals surface area contributed by atoms with Crippen LogP contribution in [0.25, 0.3) is 0 Å². The highest BCUT2D eigenvalue weighted by Crippen LogP contribution is 2.36. The number of allylic oxidation sites excluding steroid dienone is 1. The first-order chi connectivity index (χ1) is 13.5. The van der Waals surface area contributed by atoms with Crippen molar-refractivity contribution in [1.29, 1.82) is 0 Å². The summed E-state index contributed by atoms with van der Waals surface area (Å²) in [5, 5.41) is 6.78. The monoisotopic (exact) mass is 377 g/mol. The number of rotatable bonds is 6. The largest absolute Gasteiger partial charge is 0.463 e. The van der Waals surface area contributed by atoms with E-state index in [-0.39, 0.29) is 12.0 Å². The highest BCUT2D eigenvalue weighted by Gasteiger charge is 2.30. The number of hydrogen-bond acceptors (Lipinski definition) is 5. The molecule has 0 fully saturated rings. The zero-order chi connectivity index (χ0) is 20.1. The van der Waals surface area contributed by atoms with Crippen molar-refractivity contribution in [3.8, 4) is 0 Å². The summed E-state index contributed by atoms with van der Waals surface area (Å²) in [5.41, 5.74) is 5.20. The van der Waals surface area contributed by atoms with Crippen LogP contribution in [0.1, 0.15) is 37.4 Å². The minimum Gasteiger partial charge on any atom is -0.463 e. The predicted molar refractivity (Wildman–Crippen MR) is 113 cm³/mol. The molecule has 28 heavy (non-hydrogen) atoms. The number of hydrazone groups is 1. The molecule has 0 N–H and O–H groups in total. The van der Waals surface area contributed by atoms with Gasteiger partial charge in [0.1, 0.15) is 0 Å². The normalized spacial score (nSPS) is 16.7. The van der Waals surface area contributed by atoms with Crippen LogP contribution in [-0.4, -0.2) is 37.4 Å². The summed E-state index contributed by atoms with van der Waals surface area (Å²) < 4.78 is 5.07. The third kappa shape index (κ3) is 4.42. The van der Waals surface area contributed by atoms with E-state index >= 15 is 0 Å². The summed E-state index contributed by atoms with van der Waals surface area (Å²) in [6.45, 7) is 4.06. The van der Waals surface area contributed by atoms with E-state index in [2.05, 4.69) is 41.3 Å². The number of carbonyl (C=O) groups excluding carboxylic acids is 1. The van der Waals surface area contributed by atoms with Crippen molar-refractivity contribution in [3.05, 3.63) is 77.5 Å². The summed E-state index contributed by atoms with van der Waals surface area (Å²) in [4.78, 5) is 14.0. The van der Waals surface area contributed by atoms with Gasteiger partial charge >= 0.3 is 5.97 Å². The van der Waals surface area contributed by atoms with Gasteiger partial charge in [-0.1, -0.05) is 42.5 Å². The molecule has 0 saturated carbocycles. The van der Waals surface area contributed by atoms with Gasteiger partial charge in [-0.15, -0.1) is 0 Å². The highest BCUT2D eigenvalue weighted by molar-refractivity contribution is 6.02. The third-order valence-corrected chi connectivity index (χ3v) is 4.79. The van der Waals surface area contributed by atoms with Crippen LogP contribution in [0.2, 0.25) is 0 Å². The Bertz CT molecular complexity index is 870. The lowest BCUT2D eigenvalue weighted by atomic mass is 9.98. The van der Waals surface area contributed by atoms with Crippen LogP contribution in [0.5, 0.6) is 0 Å². The molecule has 0 spiro atoms. The quantitative estimate of drug-likeness (QED) is 0.554. The Morgan fingerprint density at radius 1 is 1.18 bits per heavy atom. The molecule has 2 aromatic rings. The molecule has 5 heteroatoms. The van der Waals surface area contributed by atoms with Gasteiger partial charge < -0.3 is 9.64 Å². The Labute approximate surface area is 166 Å². The summed E-state index contributed by atoms with van der Waals surface area (Å²) in [7, 11) is 4.06. The van der Waals surface area contributed by atoms with Crippen LogP contribution in [-0.2, 0) is 9.53 Å². The molecule has 1 aliphatic rings. The molecule has 0 aliphatic carbocycles. The number of carbonyl (C=O) groups is 1. The SMILES string of the molecule is CCOC(=O)/C=C(\C)N1N=C(c2ccccc2)CC1c1ccc(N(C)C)cc1. The Balaban J connectivity index is 1.94. The van der Waals surface area contributed by atoms with Crippen LogP contribution in [0.15, 0.2) is 71.5 Å². The average molecular weight is 377 g/mol. The molecule has 1 aliphatic heterocycles. The fourth-order valence-electron chi connectivity index (χ4n) is 3.32. The molecular weight excluding hydrogens is 350 g/mol. The van der Waals surface area contributed by atoms with Gasteiger partial charge in [-0.05, 0) is 37.1 Å². The smallest absolute Gasteiger partial charge is 0.332 e. The van der Waals surface area contributed by atoms with E-state index in [1.165, 1.54) is 6.08 Å². The van der Waals surface area contributed by atoms with E-state index in [1.54, 1.807) is 6.92 Å². The number of ether oxygens (including phenoxy) is 1. The minimum atomic E-state index is -0.343. The lowest BCUT2D eigenvalue weighted by molar-refractivity contribution is -0.137. The molecule has 2 aromatic carbocycles. The maximum atomic E-state index is 11.9. The summed E-state index contributed by atoms with van der Waals surface area (Å²) in [6, 6.07) is 18.7. The molecule has 0 aromatic heterocycles. The second-order valence-corrected chi connectivity index (χ2v) is 7.00. The molecule has 0 bridgehead atoms. The Morgan fingerprint density at radius 2 is 1.86 bits per heavy atom. The fraction of sp³-hybridized carbons (Fsp3) is 0.304. The molecule has 1 atom stereocenters. The highest BCUT2D eigenvalue weighted by atomic mass is 16.5. The Hall–Kier alpha value is -3.08. The maximum absolute atomic E-state index is 11.9. The standard InChI is InChI=1S/C23H27N3O2/c1-5-28-23(27)15-17(2)26-22(19-11-13-20(14-12-19)25(3)4)16-21(24-26)18-9-7-6-8-10-18/h6-15,22H,5,16H2,1-4H3/b17-15+. The molecule has 0 amide bonds. The number of benzene rings is 2.